The molecule has 0 radical (unpaired) electrons. The molecule has 2 aliphatic heterocycles. The number of aryl methyl sites for hydroxylation is 1. The Morgan fingerprint density at radius 1 is 1.00 bits per heavy atom. The van der Waals surface area contributed by atoms with E-state index in [4.69, 9.17) is 9.47 Å². The molecule has 2 aromatic rings. The van der Waals surface area contributed by atoms with Gasteiger partial charge in [-0.3, -0.25) is 4.79 Å². The number of ether oxygens (including phenoxy) is 3. The summed E-state index contributed by atoms with van der Waals surface area (Å²) in [5.41, 5.74) is -0.746. The minimum atomic E-state index is -1.77. The molecule has 1 unspecified atom stereocenters. The Morgan fingerprint density at radius 3 is 2.42 bits per heavy atom. The number of fused-ring (bicyclic) bond motifs is 4. The van der Waals surface area contributed by atoms with E-state index in [1.54, 1.807) is 0 Å². The molecule has 26 heavy (non-hydrogen) atoms. The average molecular weight is 358 g/mol. The second kappa shape index (κ2) is 5.20. The molecule has 0 aromatic heterocycles. The van der Waals surface area contributed by atoms with E-state index in [2.05, 4.69) is 4.74 Å². The number of esters is 2. The molecule has 2 heterocycles. The van der Waals surface area contributed by atoms with E-state index in [0.29, 0.717) is 6.29 Å². The predicted octanol–water partition coefficient (Wildman–Crippen LogP) is 1.70. The van der Waals surface area contributed by atoms with Crippen LogP contribution in [0.2, 0.25) is 0 Å². The lowest BCUT2D eigenvalue weighted by Gasteiger charge is -2.14. The number of carbonyl (C=O) groups excluding carboxylic acids is 3. The van der Waals surface area contributed by atoms with Crippen LogP contribution in [-0.2, 0) is 4.74 Å². The third-order valence-corrected chi connectivity index (χ3v) is 4.16. The van der Waals surface area contributed by atoms with Crippen LogP contribution in [0.1, 0.15) is 48.5 Å². The fourth-order valence-corrected chi connectivity index (χ4v) is 3.01. The normalized spacial score (nSPS) is 17.2. The lowest BCUT2D eigenvalue weighted by molar-refractivity contribution is -0.0555. The van der Waals surface area contributed by atoms with Gasteiger partial charge < -0.3 is 29.5 Å². The van der Waals surface area contributed by atoms with Crippen molar-refractivity contribution in [3.8, 4) is 28.7 Å². The van der Waals surface area contributed by atoms with Gasteiger partial charge in [-0.25, -0.2) is 9.59 Å². The van der Waals surface area contributed by atoms with Gasteiger partial charge >= 0.3 is 11.9 Å². The van der Waals surface area contributed by atoms with Gasteiger partial charge in [0.2, 0.25) is 6.29 Å². The van der Waals surface area contributed by atoms with Gasteiger partial charge in [0.15, 0.2) is 23.5 Å². The molecule has 132 valence electrons. The highest BCUT2D eigenvalue weighted by molar-refractivity contribution is 6.03. The largest absolute Gasteiger partial charge is 0.507 e. The highest BCUT2D eigenvalue weighted by Gasteiger charge is 2.41. The maximum absolute atomic E-state index is 12.5. The summed E-state index contributed by atoms with van der Waals surface area (Å²) in [4.78, 5) is 35.7. The van der Waals surface area contributed by atoms with Crippen molar-refractivity contribution in [1.82, 2.24) is 0 Å². The van der Waals surface area contributed by atoms with E-state index in [9.17, 15) is 29.7 Å². The smallest absolute Gasteiger partial charge is 0.347 e. The highest BCUT2D eigenvalue weighted by Crippen LogP contribution is 2.51. The monoisotopic (exact) mass is 358 g/mol. The Bertz CT molecular complexity index is 1020. The van der Waals surface area contributed by atoms with Gasteiger partial charge in [-0.15, -0.1) is 0 Å². The second-order valence-corrected chi connectivity index (χ2v) is 5.71. The number of aromatic hydroxyl groups is 2. The Hall–Kier alpha value is -3.59. The molecule has 9 heteroatoms. The SMILES string of the molecule is Cc1cc(O)c(C=O)c2c1C(=O)Oc1cc(O)c3c(c1O2)C(O)OC3=O. The summed E-state index contributed by atoms with van der Waals surface area (Å²) in [6, 6.07) is 2.17. The number of aliphatic hydroxyl groups is 1. The molecular formula is C17H10O9. The fourth-order valence-electron chi connectivity index (χ4n) is 3.01. The van der Waals surface area contributed by atoms with E-state index in [-0.39, 0.29) is 45.1 Å². The van der Waals surface area contributed by atoms with Crippen LogP contribution >= 0.6 is 0 Å². The zero-order valence-corrected chi connectivity index (χ0v) is 13.1. The third kappa shape index (κ3) is 1.97. The van der Waals surface area contributed by atoms with Crippen molar-refractivity contribution >= 4 is 18.2 Å². The molecule has 9 nitrogen and oxygen atoms in total. The molecule has 0 saturated carbocycles. The van der Waals surface area contributed by atoms with Crippen LogP contribution in [0.5, 0.6) is 28.7 Å². The Morgan fingerprint density at radius 2 is 1.73 bits per heavy atom. The lowest BCUT2D eigenvalue weighted by Crippen LogP contribution is -2.10. The first kappa shape index (κ1) is 15.9. The molecule has 0 saturated heterocycles. The van der Waals surface area contributed by atoms with E-state index in [1.165, 1.54) is 13.0 Å². The van der Waals surface area contributed by atoms with E-state index in [1.807, 2.05) is 0 Å². The van der Waals surface area contributed by atoms with Crippen molar-refractivity contribution < 1.29 is 43.9 Å². The van der Waals surface area contributed by atoms with Crippen molar-refractivity contribution in [1.29, 1.82) is 0 Å². The number of aliphatic hydroxyl groups excluding tert-OH is 1. The van der Waals surface area contributed by atoms with Crippen molar-refractivity contribution in [2.75, 3.05) is 0 Å². The standard InChI is InChI=1S/C17H10O9/c1-5-2-7(19)6(4-18)13-10(5)15(21)24-9-3-8(20)11-12(14(9)25-13)17(23)26-16(11)22/h2-4,17,19-20,23H,1H3. The van der Waals surface area contributed by atoms with Gasteiger partial charge in [-0.05, 0) is 18.6 Å². The van der Waals surface area contributed by atoms with Crippen LogP contribution < -0.4 is 9.47 Å². The maximum atomic E-state index is 12.5. The van der Waals surface area contributed by atoms with Crippen LogP contribution in [0, 0.1) is 6.92 Å². The number of aldehydes is 1. The lowest BCUT2D eigenvalue weighted by atomic mass is 10.0. The van der Waals surface area contributed by atoms with Crippen molar-refractivity contribution in [3.63, 3.8) is 0 Å². The fraction of sp³-hybridized carbons (Fsp3) is 0.118. The van der Waals surface area contributed by atoms with Gasteiger partial charge in [-0.1, -0.05) is 0 Å². The number of benzene rings is 2. The quantitative estimate of drug-likeness (QED) is 0.395. The van der Waals surface area contributed by atoms with Crippen molar-refractivity contribution in [2.45, 2.75) is 13.2 Å². The summed E-state index contributed by atoms with van der Waals surface area (Å²) >= 11 is 0. The molecule has 0 amide bonds. The summed E-state index contributed by atoms with van der Waals surface area (Å²) in [6.07, 6.45) is -1.47. The number of cyclic esters (lactones) is 1. The first-order valence-electron chi connectivity index (χ1n) is 7.34. The Balaban J connectivity index is 2.06. The van der Waals surface area contributed by atoms with Crippen LogP contribution in [0.3, 0.4) is 0 Å². The molecule has 2 aliphatic rings. The minimum absolute atomic E-state index is 0.117. The molecule has 0 bridgehead atoms. The van der Waals surface area contributed by atoms with Gasteiger partial charge in [-0.2, -0.15) is 0 Å². The van der Waals surface area contributed by atoms with Crippen LogP contribution in [0.4, 0.5) is 0 Å². The van der Waals surface area contributed by atoms with E-state index < -0.39 is 29.7 Å². The number of phenols is 2. The Kier molecular flexibility index (Phi) is 3.18. The summed E-state index contributed by atoms with van der Waals surface area (Å²) in [5, 5.41) is 30.0. The summed E-state index contributed by atoms with van der Waals surface area (Å²) in [6.45, 7) is 1.50. The molecule has 1 atom stereocenters. The first-order chi connectivity index (χ1) is 12.3. The van der Waals surface area contributed by atoms with Crippen LogP contribution in [-0.4, -0.2) is 33.5 Å². The number of phenolic OH excluding ortho intramolecular Hbond substituents is 2. The number of rotatable bonds is 1. The van der Waals surface area contributed by atoms with Crippen LogP contribution in [0.25, 0.3) is 0 Å². The van der Waals surface area contributed by atoms with Gasteiger partial charge in [0.1, 0.15) is 22.6 Å². The molecule has 0 aliphatic carbocycles. The molecular weight excluding hydrogens is 348 g/mol. The average Bonchev–Trinajstić information content (AvgIpc) is 2.76. The molecule has 3 N–H and O–H groups in total. The summed E-state index contributed by atoms with van der Waals surface area (Å²) in [5.74, 6) is -3.74. The van der Waals surface area contributed by atoms with Gasteiger partial charge in [0.25, 0.3) is 0 Å². The molecule has 4 rings (SSSR count). The Labute approximate surface area is 145 Å². The molecule has 0 fully saturated rings. The predicted molar refractivity (Wildman–Crippen MR) is 81.7 cm³/mol. The topological polar surface area (TPSA) is 140 Å². The molecule has 0 spiro atoms. The van der Waals surface area contributed by atoms with Gasteiger partial charge in [0.05, 0.1) is 11.1 Å². The third-order valence-electron chi connectivity index (χ3n) is 4.16. The van der Waals surface area contributed by atoms with Crippen molar-refractivity contribution in [3.05, 3.63) is 39.9 Å². The zero-order chi connectivity index (χ0) is 18.7. The number of carbonyl (C=O) groups is 3. The minimum Gasteiger partial charge on any atom is -0.507 e. The number of hydrogen-bond donors (Lipinski definition) is 3. The maximum Gasteiger partial charge on any atom is 0.347 e. The van der Waals surface area contributed by atoms with E-state index in [0.717, 1.165) is 6.07 Å². The van der Waals surface area contributed by atoms with E-state index >= 15 is 0 Å². The van der Waals surface area contributed by atoms with Crippen LogP contribution in [0.15, 0.2) is 12.1 Å². The van der Waals surface area contributed by atoms with Crippen molar-refractivity contribution in [2.24, 2.45) is 0 Å². The summed E-state index contributed by atoms with van der Waals surface area (Å²) in [7, 11) is 0. The highest BCUT2D eigenvalue weighted by atomic mass is 16.6. The molecule has 2 aromatic carbocycles. The summed E-state index contributed by atoms with van der Waals surface area (Å²) < 4.78 is 15.5. The number of hydrogen-bond acceptors (Lipinski definition) is 9. The zero-order valence-electron chi connectivity index (χ0n) is 13.1. The van der Waals surface area contributed by atoms with Gasteiger partial charge in [0, 0.05) is 6.07 Å². The first-order valence-corrected chi connectivity index (χ1v) is 7.34. The second-order valence-electron chi connectivity index (χ2n) is 5.71.